The van der Waals surface area contributed by atoms with Crippen molar-refractivity contribution in [3.05, 3.63) is 24.3 Å². The molecule has 1 aromatic carbocycles. The van der Waals surface area contributed by atoms with Gasteiger partial charge in [-0.3, -0.25) is 4.79 Å². The van der Waals surface area contributed by atoms with Crippen molar-refractivity contribution in [2.45, 2.75) is 43.1 Å². The molecule has 0 bridgehead atoms. The molecule has 1 aliphatic carbocycles. The summed E-state index contributed by atoms with van der Waals surface area (Å²) in [4.78, 5) is 13.8. The molecule has 180 valence electrons. The molecule has 3 rings (SSSR count). The first-order valence-corrected chi connectivity index (χ1v) is 11.4. The van der Waals surface area contributed by atoms with Crippen LogP contribution in [0.15, 0.2) is 29.2 Å². The first-order valence-electron chi connectivity index (χ1n) is 9.99. The second-order valence-corrected chi connectivity index (χ2v) is 9.79. The highest BCUT2D eigenvalue weighted by Crippen LogP contribution is 2.40. The van der Waals surface area contributed by atoms with E-state index in [2.05, 4.69) is 4.74 Å². The van der Waals surface area contributed by atoms with Gasteiger partial charge in [0.1, 0.15) is 5.75 Å². The fourth-order valence-electron chi connectivity index (χ4n) is 4.08. The van der Waals surface area contributed by atoms with Crippen LogP contribution in [0, 0.1) is 11.8 Å². The smallest absolute Gasteiger partial charge is 0.406 e. The summed E-state index contributed by atoms with van der Waals surface area (Å²) >= 11 is 0. The van der Waals surface area contributed by atoms with Crippen LogP contribution in [0.3, 0.4) is 0 Å². The minimum absolute atomic E-state index is 0.00605. The van der Waals surface area contributed by atoms with Gasteiger partial charge in [-0.15, -0.1) is 13.2 Å². The average Bonchev–Trinajstić information content (AvgIpc) is 2.72. The predicted molar refractivity (Wildman–Crippen MR) is 100.0 cm³/mol. The number of benzene rings is 1. The third-order valence-electron chi connectivity index (χ3n) is 5.73. The van der Waals surface area contributed by atoms with Crippen molar-refractivity contribution in [3.8, 4) is 5.75 Å². The van der Waals surface area contributed by atoms with E-state index >= 15 is 0 Å². The molecule has 32 heavy (non-hydrogen) atoms. The molecule has 2 aliphatic rings. The third kappa shape index (κ3) is 5.85. The zero-order valence-electron chi connectivity index (χ0n) is 16.8. The summed E-state index contributed by atoms with van der Waals surface area (Å²) < 4.78 is 106. The van der Waals surface area contributed by atoms with Crippen LogP contribution in [0.25, 0.3) is 0 Å². The Kier molecular flexibility index (Phi) is 6.99. The lowest BCUT2D eigenvalue weighted by Crippen LogP contribution is -2.52. The number of sulfonamides is 1. The lowest BCUT2D eigenvalue weighted by Gasteiger charge is -2.38. The molecule has 1 aliphatic heterocycles. The molecule has 2 atom stereocenters. The summed E-state index contributed by atoms with van der Waals surface area (Å²) in [5, 5.41) is 0. The Morgan fingerprint density at radius 2 is 1.53 bits per heavy atom. The number of carbonyl (C=O) groups excluding carboxylic acids is 1. The topological polar surface area (TPSA) is 66.9 Å². The number of nitrogens with zero attached hydrogens (tertiary/aromatic N) is 2. The summed E-state index contributed by atoms with van der Waals surface area (Å²) in [5.41, 5.74) is 0. The third-order valence-corrected chi connectivity index (χ3v) is 7.64. The molecule has 0 radical (unpaired) electrons. The highest BCUT2D eigenvalue weighted by Gasteiger charge is 2.44. The standard InChI is InChI=1S/C19H22F6N2O4S/c20-18(21,22)14-3-1-2-13(12-14)17(28)26-8-10-27(11-9-26)32(29,30)16-6-4-15(5-7-16)31-19(23,24)25/h4-7,13-14H,1-3,8-12H2. The predicted octanol–water partition coefficient (Wildman–Crippen LogP) is 3.79. The monoisotopic (exact) mass is 488 g/mol. The molecule has 13 heteroatoms. The maximum atomic E-state index is 13.0. The quantitative estimate of drug-likeness (QED) is 0.605. The Balaban J connectivity index is 1.59. The van der Waals surface area contributed by atoms with E-state index < -0.39 is 46.1 Å². The zero-order chi connectivity index (χ0) is 23.7. The molecule has 1 saturated heterocycles. The summed E-state index contributed by atoms with van der Waals surface area (Å²) in [6, 6.07) is 3.76. The van der Waals surface area contributed by atoms with Crippen molar-refractivity contribution in [1.82, 2.24) is 9.21 Å². The van der Waals surface area contributed by atoms with Crippen LogP contribution in [-0.2, 0) is 14.8 Å². The van der Waals surface area contributed by atoms with Gasteiger partial charge in [-0.25, -0.2) is 8.42 Å². The normalized spacial score (nSPS) is 23.8. The molecule has 1 saturated carbocycles. The van der Waals surface area contributed by atoms with Gasteiger partial charge in [-0.1, -0.05) is 6.42 Å². The van der Waals surface area contributed by atoms with Crippen molar-refractivity contribution < 1.29 is 44.3 Å². The van der Waals surface area contributed by atoms with E-state index in [1.54, 1.807) is 0 Å². The maximum Gasteiger partial charge on any atom is 0.573 e. The van der Waals surface area contributed by atoms with Gasteiger partial charge in [0.15, 0.2) is 0 Å². The van der Waals surface area contributed by atoms with Crippen LogP contribution in [0.5, 0.6) is 5.75 Å². The summed E-state index contributed by atoms with van der Waals surface area (Å²) in [6.45, 7) is -0.0738. The number of halogens is 6. The van der Waals surface area contributed by atoms with Gasteiger partial charge in [-0.05, 0) is 43.5 Å². The molecular weight excluding hydrogens is 466 g/mol. The fourth-order valence-corrected chi connectivity index (χ4v) is 5.50. The Labute approximate surface area is 181 Å². The van der Waals surface area contributed by atoms with E-state index in [0.29, 0.717) is 12.8 Å². The van der Waals surface area contributed by atoms with E-state index in [-0.39, 0.29) is 43.9 Å². The van der Waals surface area contributed by atoms with Crippen LogP contribution in [0.4, 0.5) is 26.3 Å². The molecule has 1 amide bonds. The minimum atomic E-state index is -4.90. The van der Waals surface area contributed by atoms with Crippen molar-refractivity contribution in [2.75, 3.05) is 26.2 Å². The summed E-state index contributed by atoms with van der Waals surface area (Å²) in [6.07, 6.45) is -8.81. The first kappa shape index (κ1) is 24.6. The number of piperazine rings is 1. The van der Waals surface area contributed by atoms with Crippen molar-refractivity contribution in [3.63, 3.8) is 0 Å². The summed E-state index contributed by atoms with van der Waals surface area (Å²) in [7, 11) is -4.01. The minimum Gasteiger partial charge on any atom is -0.406 e. The van der Waals surface area contributed by atoms with Gasteiger partial charge in [0, 0.05) is 32.1 Å². The number of hydrogen-bond acceptors (Lipinski definition) is 4. The lowest BCUT2D eigenvalue weighted by atomic mass is 9.80. The van der Waals surface area contributed by atoms with E-state index in [9.17, 15) is 39.6 Å². The Bertz CT molecular complexity index is 909. The highest BCUT2D eigenvalue weighted by atomic mass is 32.2. The van der Waals surface area contributed by atoms with Gasteiger partial charge in [0.25, 0.3) is 0 Å². The SMILES string of the molecule is O=C(C1CCCC(C(F)(F)F)C1)N1CCN(S(=O)(=O)c2ccc(OC(F)(F)F)cc2)CC1. The number of ether oxygens (including phenoxy) is 1. The van der Waals surface area contributed by atoms with Crippen molar-refractivity contribution in [1.29, 1.82) is 0 Å². The van der Waals surface area contributed by atoms with Crippen LogP contribution < -0.4 is 4.74 Å². The average molecular weight is 488 g/mol. The van der Waals surface area contributed by atoms with E-state index in [4.69, 9.17) is 0 Å². The summed E-state index contributed by atoms with van der Waals surface area (Å²) in [5.74, 6) is -3.20. The number of carbonyl (C=O) groups is 1. The first-order chi connectivity index (χ1) is 14.8. The molecule has 0 aromatic heterocycles. The number of rotatable bonds is 4. The van der Waals surface area contributed by atoms with E-state index in [1.165, 1.54) is 4.90 Å². The van der Waals surface area contributed by atoms with Crippen molar-refractivity contribution in [2.24, 2.45) is 11.8 Å². The molecule has 1 aromatic rings. The van der Waals surface area contributed by atoms with E-state index in [0.717, 1.165) is 28.6 Å². The molecule has 6 nitrogen and oxygen atoms in total. The van der Waals surface area contributed by atoms with Gasteiger partial charge >= 0.3 is 12.5 Å². The van der Waals surface area contributed by atoms with Crippen molar-refractivity contribution >= 4 is 15.9 Å². The van der Waals surface area contributed by atoms with E-state index in [1.807, 2.05) is 0 Å². The number of alkyl halides is 6. The molecule has 0 spiro atoms. The highest BCUT2D eigenvalue weighted by molar-refractivity contribution is 7.89. The molecule has 2 fully saturated rings. The molecule has 0 N–H and O–H groups in total. The number of amides is 1. The Hall–Kier alpha value is -2.02. The van der Waals surface area contributed by atoms with Gasteiger partial charge in [0.2, 0.25) is 15.9 Å². The molecule has 1 heterocycles. The molecule has 2 unspecified atom stereocenters. The lowest BCUT2D eigenvalue weighted by molar-refractivity contribution is -0.274. The van der Waals surface area contributed by atoms with Crippen LogP contribution >= 0.6 is 0 Å². The van der Waals surface area contributed by atoms with Crippen LogP contribution in [-0.4, -0.2) is 62.2 Å². The van der Waals surface area contributed by atoms with Crippen LogP contribution in [0.2, 0.25) is 0 Å². The second-order valence-electron chi connectivity index (χ2n) is 7.85. The Morgan fingerprint density at radius 3 is 2.06 bits per heavy atom. The zero-order valence-corrected chi connectivity index (χ0v) is 17.6. The molecular formula is C19H22F6N2O4S. The van der Waals surface area contributed by atoms with Gasteiger partial charge < -0.3 is 9.64 Å². The van der Waals surface area contributed by atoms with Crippen LogP contribution in [0.1, 0.15) is 25.7 Å². The number of hydrogen-bond donors (Lipinski definition) is 0. The maximum absolute atomic E-state index is 13.0. The largest absolute Gasteiger partial charge is 0.573 e. The fraction of sp³-hybridized carbons (Fsp3) is 0.632. The van der Waals surface area contributed by atoms with Gasteiger partial charge in [-0.2, -0.15) is 17.5 Å². The van der Waals surface area contributed by atoms with Gasteiger partial charge in [0.05, 0.1) is 10.8 Å². The second kappa shape index (κ2) is 9.08. The Morgan fingerprint density at radius 1 is 0.938 bits per heavy atom.